The van der Waals surface area contributed by atoms with Gasteiger partial charge in [-0.05, 0) is 0 Å². The quantitative estimate of drug-likeness (QED) is 0.450. The van der Waals surface area contributed by atoms with Crippen molar-refractivity contribution in [3.8, 4) is 0 Å². The summed E-state index contributed by atoms with van der Waals surface area (Å²) in [5.41, 5.74) is 5.71. The molecule has 3 heteroatoms. The molecular weight excluding hydrogens is 388 g/mol. The Morgan fingerprint density at radius 1 is 0.724 bits per heavy atom. The van der Waals surface area contributed by atoms with Crippen LogP contribution in [-0.2, 0) is 0 Å². The fraction of sp³-hybridized carbons (Fsp3) is 0.308. The van der Waals surface area contributed by atoms with Crippen molar-refractivity contribution >= 4 is 20.1 Å². The Labute approximate surface area is 177 Å². The van der Waals surface area contributed by atoms with Gasteiger partial charge in [0.2, 0.25) is 0 Å². The summed E-state index contributed by atoms with van der Waals surface area (Å²) in [6, 6.07) is 31.8. The van der Waals surface area contributed by atoms with E-state index in [1.54, 1.807) is 0 Å². The van der Waals surface area contributed by atoms with E-state index in [4.69, 9.17) is 0 Å². The predicted molar refractivity (Wildman–Crippen MR) is 136 cm³/mol. The third-order valence-corrected chi connectivity index (χ3v) is 17.5. The van der Waals surface area contributed by atoms with E-state index in [0.29, 0.717) is 11.3 Å². The number of aryl methyl sites for hydroxylation is 1. The molecule has 1 aliphatic rings. The van der Waals surface area contributed by atoms with Gasteiger partial charge in [-0.15, -0.1) is 0 Å². The van der Waals surface area contributed by atoms with Gasteiger partial charge in [0.1, 0.15) is 0 Å². The van der Waals surface area contributed by atoms with Crippen molar-refractivity contribution in [2.24, 2.45) is 0 Å². The van der Waals surface area contributed by atoms with Crippen LogP contribution >= 0.6 is 14.8 Å². The van der Waals surface area contributed by atoms with Crippen LogP contribution in [-0.4, -0.2) is 20.0 Å². The average molecular weight is 424 g/mol. The van der Waals surface area contributed by atoms with E-state index in [-0.39, 0.29) is 0 Å². The summed E-state index contributed by atoms with van der Waals surface area (Å²) in [7, 11) is -3.62. The molecule has 0 radical (unpaired) electrons. The van der Waals surface area contributed by atoms with Crippen molar-refractivity contribution in [3.63, 3.8) is 0 Å². The molecule has 3 aromatic rings. The summed E-state index contributed by atoms with van der Waals surface area (Å²) in [6.45, 7) is 9.80. The second-order valence-corrected chi connectivity index (χ2v) is 18.2. The molecule has 1 heterocycles. The van der Waals surface area contributed by atoms with Crippen molar-refractivity contribution in [3.05, 3.63) is 102 Å². The Kier molecular flexibility index (Phi) is 5.94. The van der Waals surface area contributed by atoms with Gasteiger partial charge in [0.15, 0.2) is 0 Å². The molecule has 1 aliphatic heterocycles. The maximum absolute atomic E-state index is 4.44. The maximum atomic E-state index is 4.44. The van der Waals surface area contributed by atoms with Gasteiger partial charge < -0.3 is 0 Å². The van der Waals surface area contributed by atoms with Gasteiger partial charge in [0.05, 0.1) is 0 Å². The molecule has 1 nitrogen and oxygen atoms in total. The van der Waals surface area contributed by atoms with Gasteiger partial charge >= 0.3 is 178 Å². The first-order valence-corrected chi connectivity index (χ1v) is 16.5. The minimum atomic E-state index is -1.85. The van der Waals surface area contributed by atoms with Crippen molar-refractivity contribution in [1.29, 1.82) is 0 Å². The molecule has 0 amide bonds. The average Bonchev–Trinajstić information content (AvgIpc) is 3.05. The minimum absolute atomic E-state index is 0.658. The van der Waals surface area contributed by atoms with E-state index in [0.717, 1.165) is 0 Å². The van der Waals surface area contributed by atoms with Crippen LogP contribution in [0.4, 0.5) is 0 Å². The molecule has 154 valence electrons. The van der Waals surface area contributed by atoms with Crippen molar-refractivity contribution < 1.29 is 0 Å². The normalized spacial score (nSPS) is 22.9. The third-order valence-electron chi connectivity index (χ3n) is 6.95. The van der Waals surface area contributed by atoms with Crippen LogP contribution in [0.25, 0.3) is 0 Å². The molecule has 3 aromatic carbocycles. The fourth-order valence-corrected chi connectivity index (χ4v) is 17.6. The zero-order valence-electron chi connectivity index (χ0n) is 18.2. The van der Waals surface area contributed by atoms with Crippen LogP contribution < -0.4 is 10.2 Å². The number of rotatable bonds is 5. The Morgan fingerprint density at radius 2 is 1.17 bits per heavy atom. The standard InChI is InChI=1S/C26H35NP2/c1-21-15-17-24(18-16-21)28(2,3)27-29(4)25(22-11-7-5-8-12-22)19-20-26(29)23-13-9-6-10-14-23/h5-18,25-29H,19-20H2,1-4H3/t25-,26-/m0/s1. The number of nitrogens with one attached hydrogen (secondary N) is 1. The van der Waals surface area contributed by atoms with E-state index in [2.05, 4.69) is 117 Å². The molecule has 0 spiro atoms. The molecule has 0 bridgehead atoms. The SMILES string of the molecule is Cc1ccc([PH](C)(C)N[PH]2(C)[C@H](c3ccccc3)CC[C@H]2c2ccccc2)cc1. The van der Waals surface area contributed by atoms with Gasteiger partial charge in [-0.3, -0.25) is 0 Å². The molecule has 1 N–H and O–H groups in total. The van der Waals surface area contributed by atoms with Crippen LogP contribution in [0.1, 0.15) is 40.8 Å². The van der Waals surface area contributed by atoms with Crippen molar-refractivity contribution in [2.75, 3.05) is 20.0 Å². The molecule has 0 aromatic heterocycles. The van der Waals surface area contributed by atoms with Crippen molar-refractivity contribution in [1.82, 2.24) is 4.86 Å². The second-order valence-electron chi connectivity index (χ2n) is 9.40. The Hall–Kier alpha value is -1.52. The summed E-state index contributed by atoms with van der Waals surface area (Å²) in [5.74, 6) is 0. The predicted octanol–water partition coefficient (Wildman–Crippen LogP) is 6.71. The summed E-state index contributed by atoms with van der Waals surface area (Å²) in [4.78, 5) is 4.44. The first kappa shape index (κ1) is 20.7. The second kappa shape index (κ2) is 8.31. The first-order valence-electron chi connectivity index (χ1n) is 10.9. The Morgan fingerprint density at radius 3 is 1.62 bits per heavy atom. The zero-order valence-corrected chi connectivity index (χ0v) is 20.2. The molecule has 2 atom stereocenters. The van der Waals surface area contributed by atoms with E-state index >= 15 is 0 Å². The van der Waals surface area contributed by atoms with Crippen LogP contribution in [0.2, 0.25) is 0 Å². The topological polar surface area (TPSA) is 12.0 Å². The molecule has 0 saturated carbocycles. The first-order chi connectivity index (χ1) is 13.9. The summed E-state index contributed by atoms with van der Waals surface area (Å²) in [6.07, 6.45) is 2.58. The van der Waals surface area contributed by atoms with Crippen LogP contribution in [0.15, 0.2) is 84.9 Å². The van der Waals surface area contributed by atoms with Gasteiger partial charge in [-0.1, -0.05) is 0 Å². The molecule has 29 heavy (non-hydrogen) atoms. The van der Waals surface area contributed by atoms with E-state index in [1.807, 2.05) is 0 Å². The Balaban J connectivity index is 1.75. The zero-order chi connectivity index (χ0) is 20.5. The van der Waals surface area contributed by atoms with Crippen LogP contribution in [0, 0.1) is 6.92 Å². The van der Waals surface area contributed by atoms with Gasteiger partial charge in [0, 0.05) is 0 Å². The van der Waals surface area contributed by atoms with Crippen LogP contribution in [0.3, 0.4) is 0 Å². The number of benzene rings is 3. The van der Waals surface area contributed by atoms with Gasteiger partial charge in [-0.2, -0.15) is 0 Å². The molecule has 0 unspecified atom stereocenters. The summed E-state index contributed by atoms with van der Waals surface area (Å²) < 4.78 is 0. The van der Waals surface area contributed by atoms with E-state index in [1.165, 1.54) is 34.8 Å². The number of hydrogen-bond donors (Lipinski definition) is 1. The van der Waals surface area contributed by atoms with E-state index < -0.39 is 14.8 Å². The van der Waals surface area contributed by atoms with Crippen molar-refractivity contribution in [2.45, 2.75) is 31.1 Å². The van der Waals surface area contributed by atoms with E-state index in [9.17, 15) is 0 Å². The summed E-state index contributed by atoms with van der Waals surface area (Å²) in [5, 5.41) is 1.52. The Bertz CT molecular complexity index is 888. The summed E-state index contributed by atoms with van der Waals surface area (Å²) >= 11 is 0. The molecule has 0 aliphatic carbocycles. The monoisotopic (exact) mass is 423 g/mol. The van der Waals surface area contributed by atoms with Crippen LogP contribution in [0.5, 0.6) is 0 Å². The third kappa shape index (κ3) is 4.20. The number of hydrogen-bond acceptors (Lipinski definition) is 1. The van der Waals surface area contributed by atoms with Gasteiger partial charge in [0.25, 0.3) is 0 Å². The molecular formula is C26H35NP2. The molecule has 1 saturated heterocycles. The van der Waals surface area contributed by atoms with Gasteiger partial charge in [-0.25, -0.2) is 0 Å². The molecule has 1 fully saturated rings. The molecule has 4 rings (SSSR count). The fourth-order valence-electron chi connectivity index (χ4n) is 5.46.